The molecule has 2 rings (SSSR count). The van der Waals surface area contributed by atoms with Crippen LogP contribution in [0.25, 0.3) is 0 Å². The third-order valence-corrected chi connectivity index (χ3v) is 3.24. The SMILES string of the molecule is CCC(CC)Oc1cccc2c1CCC2=O. The molecule has 1 aromatic rings. The zero-order valence-electron chi connectivity index (χ0n) is 9.95. The fourth-order valence-corrected chi connectivity index (χ4v) is 2.20. The van der Waals surface area contributed by atoms with Crippen LogP contribution in [0, 0.1) is 0 Å². The van der Waals surface area contributed by atoms with Crippen LogP contribution in [-0.2, 0) is 6.42 Å². The molecule has 2 nitrogen and oxygen atoms in total. The van der Waals surface area contributed by atoms with Gasteiger partial charge in [0.2, 0.25) is 0 Å². The zero-order valence-corrected chi connectivity index (χ0v) is 9.95. The maximum atomic E-state index is 11.6. The molecule has 86 valence electrons. The van der Waals surface area contributed by atoms with Gasteiger partial charge in [0, 0.05) is 17.5 Å². The smallest absolute Gasteiger partial charge is 0.163 e. The van der Waals surface area contributed by atoms with E-state index in [1.165, 1.54) is 0 Å². The standard InChI is InChI=1S/C14H18O2/c1-3-10(4-2)16-14-7-5-6-11-12(14)8-9-13(11)15/h5-7,10H,3-4,8-9H2,1-2H3. The molecule has 0 amide bonds. The van der Waals surface area contributed by atoms with Gasteiger partial charge in [0.15, 0.2) is 5.78 Å². The highest BCUT2D eigenvalue weighted by atomic mass is 16.5. The number of hydrogen-bond acceptors (Lipinski definition) is 2. The number of ether oxygens (including phenoxy) is 1. The van der Waals surface area contributed by atoms with Crippen molar-refractivity contribution in [3.05, 3.63) is 29.3 Å². The van der Waals surface area contributed by atoms with E-state index in [9.17, 15) is 4.79 Å². The molecule has 1 aliphatic carbocycles. The van der Waals surface area contributed by atoms with Gasteiger partial charge in [-0.1, -0.05) is 26.0 Å². The summed E-state index contributed by atoms with van der Waals surface area (Å²) in [6.07, 6.45) is 3.76. The number of hydrogen-bond donors (Lipinski definition) is 0. The normalized spacial score (nSPS) is 14.3. The molecule has 0 spiro atoms. The lowest BCUT2D eigenvalue weighted by atomic mass is 10.1. The molecule has 0 aromatic heterocycles. The van der Waals surface area contributed by atoms with E-state index in [-0.39, 0.29) is 11.9 Å². The second-order valence-corrected chi connectivity index (χ2v) is 4.26. The van der Waals surface area contributed by atoms with Crippen LogP contribution >= 0.6 is 0 Å². The Bertz CT molecular complexity index is 392. The molecule has 2 heteroatoms. The van der Waals surface area contributed by atoms with Crippen molar-refractivity contribution in [2.45, 2.75) is 45.6 Å². The van der Waals surface area contributed by atoms with Crippen LogP contribution in [0.15, 0.2) is 18.2 Å². The van der Waals surface area contributed by atoms with Gasteiger partial charge in [0.25, 0.3) is 0 Å². The number of Topliss-reactive ketones (excluding diaryl/α,β-unsaturated/α-hetero) is 1. The molecule has 16 heavy (non-hydrogen) atoms. The van der Waals surface area contributed by atoms with Crippen molar-refractivity contribution in [2.75, 3.05) is 0 Å². The molecule has 0 atom stereocenters. The lowest BCUT2D eigenvalue weighted by molar-refractivity contribution is 0.0994. The highest BCUT2D eigenvalue weighted by molar-refractivity contribution is 6.01. The Morgan fingerprint density at radius 2 is 2.00 bits per heavy atom. The van der Waals surface area contributed by atoms with Crippen LogP contribution < -0.4 is 4.74 Å². The molecule has 0 saturated carbocycles. The predicted octanol–water partition coefficient (Wildman–Crippen LogP) is 3.38. The van der Waals surface area contributed by atoms with Crippen molar-refractivity contribution in [3.63, 3.8) is 0 Å². The molecule has 0 fully saturated rings. The zero-order chi connectivity index (χ0) is 11.5. The molecule has 1 aliphatic rings. The minimum atomic E-state index is 0.255. The van der Waals surface area contributed by atoms with E-state index >= 15 is 0 Å². The number of carbonyl (C=O) groups excluding carboxylic acids is 1. The monoisotopic (exact) mass is 218 g/mol. The first-order chi connectivity index (χ1) is 7.76. The second kappa shape index (κ2) is 4.69. The molecule has 0 saturated heterocycles. The summed E-state index contributed by atoms with van der Waals surface area (Å²) in [6, 6.07) is 5.81. The first-order valence-electron chi connectivity index (χ1n) is 6.08. The third kappa shape index (κ3) is 1.97. The minimum Gasteiger partial charge on any atom is -0.490 e. The molecule has 0 aliphatic heterocycles. The molecule has 0 bridgehead atoms. The predicted molar refractivity (Wildman–Crippen MR) is 64.1 cm³/mol. The largest absolute Gasteiger partial charge is 0.490 e. The van der Waals surface area contributed by atoms with Crippen LogP contribution in [0.2, 0.25) is 0 Å². The molecular weight excluding hydrogens is 200 g/mol. The Hall–Kier alpha value is -1.31. The van der Waals surface area contributed by atoms with Crippen molar-refractivity contribution in [3.8, 4) is 5.75 Å². The van der Waals surface area contributed by atoms with E-state index in [2.05, 4.69) is 13.8 Å². The Morgan fingerprint density at radius 3 is 2.69 bits per heavy atom. The third-order valence-electron chi connectivity index (χ3n) is 3.24. The summed E-state index contributed by atoms with van der Waals surface area (Å²) >= 11 is 0. The van der Waals surface area contributed by atoms with Crippen LogP contribution in [-0.4, -0.2) is 11.9 Å². The number of ketones is 1. The topological polar surface area (TPSA) is 26.3 Å². The second-order valence-electron chi connectivity index (χ2n) is 4.26. The molecule has 0 heterocycles. The van der Waals surface area contributed by atoms with E-state index < -0.39 is 0 Å². The van der Waals surface area contributed by atoms with Crippen LogP contribution in [0.1, 0.15) is 49.0 Å². The summed E-state index contributed by atoms with van der Waals surface area (Å²) in [5.74, 6) is 1.17. The summed E-state index contributed by atoms with van der Waals surface area (Å²) in [7, 11) is 0. The van der Waals surface area contributed by atoms with Crippen LogP contribution in [0.5, 0.6) is 5.75 Å². The first-order valence-corrected chi connectivity index (χ1v) is 6.08. The molecule has 1 aromatic carbocycles. The molecule has 0 radical (unpaired) electrons. The van der Waals surface area contributed by atoms with Gasteiger partial charge in [-0.05, 0) is 25.3 Å². The van der Waals surface area contributed by atoms with Gasteiger partial charge in [-0.15, -0.1) is 0 Å². The van der Waals surface area contributed by atoms with Gasteiger partial charge >= 0.3 is 0 Å². The van der Waals surface area contributed by atoms with Gasteiger partial charge in [0.05, 0.1) is 6.10 Å². The summed E-state index contributed by atoms with van der Waals surface area (Å²) in [5.41, 5.74) is 1.97. The maximum Gasteiger partial charge on any atom is 0.163 e. The van der Waals surface area contributed by atoms with Gasteiger partial charge in [-0.3, -0.25) is 4.79 Å². The van der Waals surface area contributed by atoms with E-state index in [1.54, 1.807) is 0 Å². The van der Waals surface area contributed by atoms with E-state index in [4.69, 9.17) is 4.74 Å². The maximum absolute atomic E-state index is 11.6. The van der Waals surface area contributed by atoms with Crippen LogP contribution in [0.3, 0.4) is 0 Å². The molecule has 0 unspecified atom stereocenters. The van der Waals surface area contributed by atoms with Crippen LogP contribution in [0.4, 0.5) is 0 Å². The van der Waals surface area contributed by atoms with Crippen molar-refractivity contribution in [1.29, 1.82) is 0 Å². The van der Waals surface area contributed by atoms with Gasteiger partial charge in [0.1, 0.15) is 5.75 Å². The van der Waals surface area contributed by atoms with Gasteiger partial charge in [-0.25, -0.2) is 0 Å². The minimum absolute atomic E-state index is 0.255. The highest BCUT2D eigenvalue weighted by Crippen LogP contribution is 2.31. The van der Waals surface area contributed by atoms with Crippen molar-refractivity contribution < 1.29 is 9.53 Å². The fourth-order valence-electron chi connectivity index (χ4n) is 2.20. The van der Waals surface area contributed by atoms with E-state index in [1.807, 2.05) is 18.2 Å². The highest BCUT2D eigenvalue weighted by Gasteiger charge is 2.23. The summed E-state index contributed by atoms with van der Waals surface area (Å²) in [4.78, 5) is 11.6. The quantitative estimate of drug-likeness (QED) is 0.774. The van der Waals surface area contributed by atoms with Crippen molar-refractivity contribution in [1.82, 2.24) is 0 Å². The van der Waals surface area contributed by atoms with Crippen molar-refractivity contribution >= 4 is 5.78 Å². The Morgan fingerprint density at radius 1 is 1.25 bits per heavy atom. The number of benzene rings is 1. The van der Waals surface area contributed by atoms with E-state index in [0.717, 1.165) is 36.1 Å². The Kier molecular flexibility index (Phi) is 3.28. The number of rotatable bonds is 4. The average Bonchev–Trinajstić information content (AvgIpc) is 2.69. The lowest BCUT2D eigenvalue weighted by Crippen LogP contribution is -2.14. The van der Waals surface area contributed by atoms with Crippen molar-refractivity contribution in [2.24, 2.45) is 0 Å². The number of fused-ring (bicyclic) bond motifs is 1. The average molecular weight is 218 g/mol. The lowest BCUT2D eigenvalue weighted by Gasteiger charge is -2.17. The summed E-state index contributed by atoms with van der Waals surface area (Å²) < 4.78 is 5.95. The molecular formula is C14H18O2. The first kappa shape index (κ1) is 11.2. The molecule has 0 N–H and O–H groups in total. The summed E-state index contributed by atoms with van der Waals surface area (Å²) in [5, 5.41) is 0. The Labute approximate surface area is 96.6 Å². The fraction of sp³-hybridized carbons (Fsp3) is 0.500. The number of carbonyl (C=O) groups is 1. The van der Waals surface area contributed by atoms with Gasteiger partial charge < -0.3 is 4.74 Å². The van der Waals surface area contributed by atoms with E-state index in [0.29, 0.717) is 6.42 Å². The summed E-state index contributed by atoms with van der Waals surface area (Å²) in [6.45, 7) is 4.25. The Balaban J connectivity index is 2.26. The van der Waals surface area contributed by atoms with Gasteiger partial charge in [-0.2, -0.15) is 0 Å².